The summed E-state index contributed by atoms with van der Waals surface area (Å²) in [5.74, 6) is 0.379. The van der Waals surface area contributed by atoms with Crippen molar-refractivity contribution in [3.63, 3.8) is 0 Å². The van der Waals surface area contributed by atoms with Crippen LogP contribution in [0, 0.1) is 0 Å². The lowest BCUT2D eigenvalue weighted by molar-refractivity contribution is 0.377. The van der Waals surface area contributed by atoms with Crippen LogP contribution in [0.25, 0.3) is 0 Å². The predicted octanol–water partition coefficient (Wildman–Crippen LogP) is 4.14. The van der Waals surface area contributed by atoms with Gasteiger partial charge in [-0.05, 0) is 36.8 Å². The van der Waals surface area contributed by atoms with E-state index in [4.69, 9.17) is 4.52 Å². The molecule has 0 amide bonds. The lowest BCUT2D eigenvalue weighted by Crippen LogP contribution is -2.27. The molecule has 2 aromatic rings. The van der Waals surface area contributed by atoms with Gasteiger partial charge in [0.1, 0.15) is 17.6 Å². The Kier molecular flexibility index (Phi) is 3.52. The minimum Gasteiger partial charge on any atom is -0.368 e. The minimum atomic E-state index is 0.0926. The molecule has 3 nitrogen and oxygen atoms in total. The average molecular weight is 284 g/mol. The molecule has 0 aliphatic heterocycles. The monoisotopic (exact) mass is 284 g/mol. The molecule has 0 fully saturated rings. The zero-order valence-electron chi connectivity index (χ0n) is 13.4. The number of benzene rings is 1. The van der Waals surface area contributed by atoms with Crippen molar-refractivity contribution in [2.45, 2.75) is 45.4 Å². The number of hydrogen-bond acceptors (Lipinski definition) is 3. The number of nitrogens with zero attached hydrogens (tertiary/aromatic N) is 2. The Labute approximate surface area is 126 Å². The van der Waals surface area contributed by atoms with Crippen LogP contribution in [-0.4, -0.2) is 18.2 Å². The number of aromatic nitrogens is 1. The maximum absolute atomic E-state index is 5.34. The van der Waals surface area contributed by atoms with Gasteiger partial charge in [0, 0.05) is 19.0 Å². The van der Waals surface area contributed by atoms with E-state index in [1.165, 1.54) is 11.1 Å². The Morgan fingerprint density at radius 2 is 1.95 bits per heavy atom. The average Bonchev–Trinajstić information content (AvgIpc) is 3.04. The highest BCUT2D eigenvalue weighted by Crippen LogP contribution is 2.49. The Bertz CT molecular complexity index is 626. The third kappa shape index (κ3) is 2.15. The van der Waals surface area contributed by atoms with Gasteiger partial charge < -0.3 is 9.42 Å². The molecule has 0 radical (unpaired) electrons. The quantitative estimate of drug-likeness (QED) is 0.845. The smallest absolute Gasteiger partial charge is 0.147 e. The van der Waals surface area contributed by atoms with E-state index in [0.29, 0.717) is 5.92 Å². The summed E-state index contributed by atoms with van der Waals surface area (Å²) in [5, 5.41) is 4.38. The lowest BCUT2D eigenvalue weighted by Gasteiger charge is -2.29. The van der Waals surface area contributed by atoms with Gasteiger partial charge >= 0.3 is 0 Å². The van der Waals surface area contributed by atoms with Crippen molar-refractivity contribution in [2.75, 3.05) is 18.0 Å². The van der Waals surface area contributed by atoms with Crippen molar-refractivity contribution in [1.82, 2.24) is 5.16 Å². The molecule has 0 saturated heterocycles. The van der Waals surface area contributed by atoms with Crippen molar-refractivity contribution < 1.29 is 4.52 Å². The van der Waals surface area contributed by atoms with E-state index in [0.717, 1.165) is 30.9 Å². The van der Waals surface area contributed by atoms with Crippen LogP contribution in [0.5, 0.6) is 0 Å². The largest absolute Gasteiger partial charge is 0.368 e. The highest BCUT2D eigenvalue weighted by atomic mass is 16.5. The number of hydrogen-bond donors (Lipinski definition) is 0. The van der Waals surface area contributed by atoms with E-state index < -0.39 is 0 Å². The first-order valence-electron chi connectivity index (χ1n) is 7.87. The first-order chi connectivity index (χ1) is 10.1. The second kappa shape index (κ2) is 5.21. The summed E-state index contributed by atoms with van der Waals surface area (Å²) < 4.78 is 5.34. The second-order valence-electron chi connectivity index (χ2n) is 6.39. The van der Waals surface area contributed by atoms with Gasteiger partial charge in [0.2, 0.25) is 0 Å². The first kappa shape index (κ1) is 14.2. The summed E-state index contributed by atoms with van der Waals surface area (Å²) >= 11 is 0. The van der Waals surface area contributed by atoms with Crippen LogP contribution < -0.4 is 4.90 Å². The normalized spacial score (nSPS) is 19.5. The van der Waals surface area contributed by atoms with Gasteiger partial charge in [-0.2, -0.15) is 0 Å². The van der Waals surface area contributed by atoms with E-state index in [9.17, 15) is 0 Å². The van der Waals surface area contributed by atoms with E-state index in [2.05, 4.69) is 62.0 Å². The van der Waals surface area contributed by atoms with Gasteiger partial charge in [-0.25, -0.2) is 0 Å². The van der Waals surface area contributed by atoms with Gasteiger partial charge in [0.15, 0.2) is 0 Å². The van der Waals surface area contributed by atoms with Crippen LogP contribution in [0.2, 0.25) is 0 Å². The maximum atomic E-state index is 5.34. The molecule has 112 valence electrons. The van der Waals surface area contributed by atoms with Gasteiger partial charge in [0.25, 0.3) is 0 Å². The van der Waals surface area contributed by atoms with Gasteiger partial charge in [-0.1, -0.05) is 43.3 Å². The SMILES string of the molecule is CCN(CC)c1conc1C1Cc2ccccc2C1(C)C. The Morgan fingerprint density at radius 1 is 1.24 bits per heavy atom. The van der Waals surface area contributed by atoms with Crippen molar-refractivity contribution in [3.05, 3.63) is 47.3 Å². The van der Waals surface area contributed by atoms with Crippen molar-refractivity contribution in [1.29, 1.82) is 0 Å². The molecule has 1 aromatic heterocycles. The molecule has 1 aliphatic rings. The molecule has 0 saturated carbocycles. The first-order valence-corrected chi connectivity index (χ1v) is 7.87. The molecule has 1 aromatic carbocycles. The molecule has 0 spiro atoms. The molecule has 21 heavy (non-hydrogen) atoms. The summed E-state index contributed by atoms with van der Waals surface area (Å²) in [6.07, 6.45) is 2.85. The second-order valence-corrected chi connectivity index (χ2v) is 6.39. The highest BCUT2D eigenvalue weighted by Gasteiger charge is 2.42. The summed E-state index contributed by atoms with van der Waals surface area (Å²) in [6.45, 7) is 11.0. The minimum absolute atomic E-state index is 0.0926. The van der Waals surface area contributed by atoms with Crippen LogP contribution in [0.3, 0.4) is 0 Å². The highest BCUT2D eigenvalue weighted by molar-refractivity contribution is 5.54. The Hall–Kier alpha value is -1.77. The number of rotatable bonds is 4. The van der Waals surface area contributed by atoms with Crippen LogP contribution >= 0.6 is 0 Å². The zero-order valence-corrected chi connectivity index (χ0v) is 13.4. The van der Waals surface area contributed by atoms with Crippen LogP contribution in [0.15, 0.2) is 35.1 Å². The van der Waals surface area contributed by atoms with Crippen molar-refractivity contribution in [3.8, 4) is 0 Å². The van der Waals surface area contributed by atoms with Crippen LogP contribution in [-0.2, 0) is 11.8 Å². The van der Waals surface area contributed by atoms with Crippen molar-refractivity contribution in [2.24, 2.45) is 0 Å². The van der Waals surface area contributed by atoms with Crippen LogP contribution in [0.4, 0.5) is 5.69 Å². The summed E-state index contributed by atoms with van der Waals surface area (Å²) in [7, 11) is 0. The van der Waals surface area contributed by atoms with E-state index in [1.807, 2.05) is 0 Å². The van der Waals surface area contributed by atoms with E-state index >= 15 is 0 Å². The fraction of sp³-hybridized carbons (Fsp3) is 0.500. The fourth-order valence-corrected chi connectivity index (χ4v) is 3.71. The summed E-state index contributed by atoms with van der Waals surface area (Å²) in [5.41, 5.74) is 5.25. The zero-order chi connectivity index (χ0) is 15.0. The van der Waals surface area contributed by atoms with Crippen molar-refractivity contribution >= 4 is 5.69 Å². The van der Waals surface area contributed by atoms with Gasteiger partial charge in [0.05, 0.1) is 0 Å². The molecule has 3 rings (SSSR count). The molecule has 1 heterocycles. The van der Waals surface area contributed by atoms with Gasteiger partial charge in [-0.15, -0.1) is 0 Å². The molecule has 0 N–H and O–H groups in total. The molecule has 1 atom stereocenters. The maximum Gasteiger partial charge on any atom is 0.147 e. The standard InChI is InChI=1S/C18H24N2O/c1-5-20(6-2)16-12-21-19-17(16)15-11-13-9-7-8-10-14(13)18(15,3)4/h7-10,12,15H,5-6,11H2,1-4H3. The third-order valence-corrected chi connectivity index (χ3v) is 5.02. The molecule has 1 aliphatic carbocycles. The number of fused-ring (bicyclic) bond motifs is 1. The Balaban J connectivity index is 2.02. The molecular formula is C18H24N2O. The van der Waals surface area contributed by atoms with Crippen LogP contribution in [0.1, 0.15) is 50.4 Å². The fourth-order valence-electron chi connectivity index (χ4n) is 3.71. The third-order valence-electron chi connectivity index (χ3n) is 5.02. The van der Waals surface area contributed by atoms with E-state index in [1.54, 1.807) is 6.26 Å². The summed E-state index contributed by atoms with van der Waals surface area (Å²) in [4.78, 5) is 2.32. The van der Waals surface area contributed by atoms with Gasteiger partial charge in [-0.3, -0.25) is 0 Å². The topological polar surface area (TPSA) is 29.3 Å². The molecule has 0 bridgehead atoms. The predicted molar refractivity (Wildman–Crippen MR) is 86.0 cm³/mol. The van der Waals surface area contributed by atoms with E-state index in [-0.39, 0.29) is 5.41 Å². The molecular weight excluding hydrogens is 260 g/mol. The number of anilines is 1. The summed E-state index contributed by atoms with van der Waals surface area (Å²) in [6, 6.07) is 8.77. The molecule has 3 heteroatoms. The lowest BCUT2D eigenvalue weighted by atomic mass is 9.76. The Morgan fingerprint density at radius 3 is 2.62 bits per heavy atom. The molecule has 1 unspecified atom stereocenters.